The summed E-state index contributed by atoms with van der Waals surface area (Å²) in [7, 11) is 0. The van der Waals surface area contributed by atoms with Gasteiger partial charge in [-0.3, -0.25) is 14.4 Å². The minimum absolute atomic E-state index is 0.0867. The van der Waals surface area contributed by atoms with Crippen molar-refractivity contribution in [2.75, 3.05) is 31.2 Å². The molecule has 38 heavy (non-hydrogen) atoms. The highest BCUT2D eigenvalue weighted by Gasteiger charge is 2.70. The summed E-state index contributed by atoms with van der Waals surface area (Å²) in [4.78, 5) is 45.2. The van der Waals surface area contributed by atoms with Crippen molar-refractivity contribution in [2.24, 2.45) is 11.8 Å². The van der Waals surface area contributed by atoms with Crippen LogP contribution < -0.4 is 4.90 Å². The fourth-order valence-electron chi connectivity index (χ4n) is 6.47. The second-order valence-electron chi connectivity index (χ2n) is 10.4. The number of cyclic esters (lactones) is 1. The highest BCUT2D eigenvalue weighted by Crippen LogP contribution is 2.60. The number of allylic oxidation sites excluding steroid dienone is 1. The number of aliphatic hydroxyl groups is 1. The van der Waals surface area contributed by atoms with Crippen molar-refractivity contribution in [3.8, 4) is 0 Å². The molecule has 2 aromatic carbocycles. The number of esters is 1. The molecule has 4 aliphatic rings. The highest BCUT2D eigenvalue weighted by atomic mass is 32.2. The van der Waals surface area contributed by atoms with Gasteiger partial charge in [0.05, 0.1) is 23.2 Å². The molecule has 8 heteroatoms. The van der Waals surface area contributed by atoms with Gasteiger partial charge in [0.1, 0.15) is 6.04 Å². The van der Waals surface area contributed by atoms with Gasteiger partial charge in [-0.05, 0) is 48.6 Å². The number of rotatable bonds is 4. The number of fused-ring (bicyclic) bond motifs is 3. The van der Waals surface area contributed by atoms with E-state index in [4.69, 9.17) is 4.74 Å². The van der Waals surface area contributed by atoms with E-state index in [2.05, 4.69) is 6.08 Å². The Balaban J connectivity index is 1.43. The van der Waals surface area contributed by atoms with Crippen molar-refractivity contribution in [3.05, 3.63) is 66.8 Å². The van der Waals surface area contributed by atoms with Gasteiger partial charge < -0.3 is 19.6 Å². The fraction of sp³-hybridized carbons (Fsp3) is 0.433. The lowest BCUT2D eigenvalue weighted by Gasteiger charge is -2.35. The van der Waals surface area contributed by atoms with Crippen molar-refractivity contribution >= 4 is 46.0 Å². The van der Waals surface area contributed by atoms with Crippen LogP contribution in [0.25, 0.3) is 10.8 Å². The van der Waals surface area contributed by atoms with E-state index >= 15 is 0 Å². The average Bonchev–Trinajstić information content (AvgIpc) is 3.31. The summed E-state index contributed by atoms with van der Waals surface area (Å²) in [5.41, 5.74) is 0.773. The smallest absolute Gasteiger partial charge is 0.311 e. The number of benzene rings is 2. The molecule has 1 spiro atoms. The Hall–Kier alpha value is -3.10. The van der Waals surface area contributed by atoms with Gasteiger partial charge in [-0.15, -0.1) is 11.8 Å². The number of hydrogen-bond donors (Lipinski definition) is 1. The molecule has 198 valence electrons. The number of thioether (sulfide) groups is 1. The SMILES string of the molecule is O=C1OCCCC/C=C\[C@@H]2S[C@]34C=CCN(c5ccc6ccccc6c5)C(=O)C3N(CCCO)C(=O)[C@@H]4[C@H]12. The zero-order chi connectivity index (χ0) is 26.3. The van der Waals surface area contributed by atoms with E-state index < -0.39 is 22.6 Å². The first-order valence-electron chi connectivity index (χ1n) is 13.5. The molecule has 0 aromatic heterocycles. The van der Waals surface area contributed by atoms with Gasteiger partial charge in [0.25, 0.3) is 5.91 Å². The van der Waals surface area contributed by atoms with E-state index in [0.29, 0.717) is 19.6 Å². The lowest BCUT2D eigenvalue weighted by molar-refractivity contribution is -0.153. The van der Waals surface area contributed by atoms with Crippen molar-refractivity contribution in [2.45, 2.75) is 41.7 Å². The predicted octanol–water partition coefficient (Wildman–Crippen LogP) is 3.71. The summed E-state index contributed by atoms with van der Waals surface area (Å²) in [5.74, 6) is -2.08. The molecule has 2 fully saturated rings. The van der Waals surface area contributed by atoms with E-state index in [-0.39, 0.29) is 36.2 Å². The number of anilines is 1. The van der Waals surface area contributed by atoms with Crippen LogP contribution in [0, 0.1) is 11.8 Å². The number of nitrogens with zero attached hydrogens (tertiary/aromatic N) is 2. The predicted molar refractivity (Wildman–Crippen MR) is 148 cm³/mol. The third-order valence-corrected chi connectivity index (χ3v) is 9.95. The molecular weight excluding hydrogens is 500 g/mol. The van der Waals surface area contributed by atoms with Crippen LogP contribution in [0.3, 0.4) is 0 Å². The van der Waals surface area contributed by atoms with Gasteiger partial charge >= 0.3 is 5.97 Å². The van der Waals surface area contributed by atoms with Crippen LogP contribution in [0.15, 0.2) is 66.8 Å². The minimum Gasteiger partial charge on any atom is -0.465 e. The zero-order valence-electron chi connectivity index (χ0n) is 21.2. The number of amides is 2. The van der Waals surface area contributed by atoms with Crippen molar-refractivity contribution in [1.29, 1.82) is 0 Å². The molecule has 2 amide bonds. The lowest BCUT2D eigenvalue weighted by atomic mass is 9.78. The van der Waals surface area contributed by atoms with Gasteiger partial charge in [0.2, 0.25) is 5.91 Å². The van der Waals surface area contributed by atoms with Crippen LogP contribution in [0.4, 0.5) is 5.69 Å². The summed E-state index contributed by atoms with van der Waals surface area (Å²) < 4.78 is 4.77. The van der Waals surface area contributed by atoms with E-state index in [1.807, 2.05) is 60.7 Å². The quantitative estimate of drug-likeness (QED) is 0.477. The Morgan fingerprint density at radius 2 is 1.87 bits per heavy atom. The van der Waals surface area contributed by atoms with Gasteiger partial charge in [0, 0.05) is 30.6 Å². The van der Waals surface area contributed by atoms with Crippen LogP contribution in [0.5, 0.6) is 0 Å². The number of carbonyl (C=O) groups excluding carboxylic acids is 3. The average molecular weight is 533 g/mol. The molecule has 5 atom stereocenters. The number of likely N-dealkylation sites (tertiary alicyclic amines) is 1. The molecule has 0 bridgehead atoms. The van der Waals surface area contributed by atoms with Crippen LogP contribution in [0.2, 0.25) is 0 Å². The first kappa shape index (κ1) is 25.2. The maximum absolute atomic E-state index is 14.4. The summed E-state index contributed by atoms with van der Waals surface area (Å²) in [6.45, 7) is 0.889. The number of ether oxygens (including phenoxy) is 1. The molecule has 1 N–H and O–H groups in total. The summed E-state index contributed by atoms with van der Waals surface area (Å²) in [6.07, 6.45) is 11.1. The number of carbonyl (C=O) groups is 3. The molecule has 0 radical (unpaired) electrons. The lowest BCUT2D eigenvalue weighted by Crippen LogP contribution is -2.53. The van der Waals surface area contributed by atoms with Crippen LogP contribution in [-0.4, -0.2) is 70.1 Å². The third kappa shape index (κ3) is 4.05. The second kappa shape index (κ2) is 10.2. The molecule has 4 aliphatic heterocycles. The van der Waals surface area contributed by atoms with E-state index in [1.165, 1.54) is 0 Å². The Bertz CT molecular complexity index is 1320. The van der Waals surface area contributed by atoms with Crippen molar-refractivity contribution < 1.29 is 24.2 Å². The van der Waals surface area contributed by atoms with Crippen LogP contribution in [0.1, 0.15) is 25.7 Å². The molecule has 7 nitrogen and oxygen atoms in total. The Morgan fingerprint density at radius 1 is 1.03 bits per heavy atom. The first-order chi connectivity index (χ1) is 18.5. The maximum atomic E-state index is 14.4. The molecular formula is C30H32N2O5S. The normalized spacial score (nSPS) is 32.0. The number of aliphatic hydroxyl groups excluding tert-OH is 1. The number of hydrogen-bond acceptors (Lipinski definition) is 6. The molecule has 0 saturated carbocycles. The summed E-state index contributed by atoms with van der Waals surface area (Å²) in [5, 5.41) is 11.5. The van der Waals surface area contributed by atoms with Crippen molar-refractivity contribution in [1.82, 2.24) is 4.90 Å². The Morgan fingerprint density at radius 3 is 2.71 bits per heavy atom. The fourth-order valence-corrected chi connectivity index (χ4v) is 8.48. The van der Waals surface area contributed by atoms with Crippen LogP contribution >= 0.6 is 11.8 Å². The van der Waals surface area contributed by atoms with Crippen LogP contribution in [-0.2, 0) is 19.1 Å². The van der Waals surface area contributed by atoms with Crippen molar-refractivity contribution in [3.63, 3.8) is 0 Å². The first-order valence-corrected chi connectivity index (χ1v) is 14.3. The van der Waals surface area contributed by atoms with E-state index in [9.17, 15) is 19.5 Å². The molecule has 2 aromatic rings. The summed E-state index contributed by atoms with van der Waals surface area (Å²) in [6, 6.07) is 13.2. The summed E-state index contributed by atoms with van der Waals surface area (Å²) >= 11 is 1.55. The molecule has 0 aliphatic carbocycles. The molecule has 2 saturated heterocycles. The Kier molecular flexibility index (Phi) is 6.78. The van der Waals surface area contributed by atoms with E-state index in [0.717, 1.165) is 35.7 Å². The highest BCUT2D eigenvalue weighted by molar-refractivity contribution is 8.02. The maximum Gasteiger partial charge on any atom is 0.311 e. The van der Waals surface area contributed by atoms with Gasteiger partial charge in [-0.25, -0.2) is 0 Å². The Labute approximate surface area is 226 Å². The zero-order valence-corrected chi connectivity index (χ0v) is 22.0. The van der Waals surface area contributed by atoms with Gasteiger partial charge in [-0.2, -0.15) is 0 Å². The second-order valence-corrected chi connectivity index (χ2v) is 11.9. The third-order valence-electron chi connectivity index (χ3n) is 8.20. The standard InChI is InChI=1S/C30H32N2O5S/c33-17-8-16-32-26-28(35)31(22-13-12-20-9-4-5-10-21(20)19-22)15-7-14-30(26)25(27(32)34)24-23(38-30)11-3-1-2-6-18-37-29(24)36/h3-5,7,9-14,19,23-26,33H,1-2,6,8,15-18H2/b11-3-/t23-,24+,25-,26?,30-/m0/s1. The van der Waals surface area contributed by atoms with Gasteiger partial charge in [0.15, 0.2) is 0 Å². The minimum atomic E-state index is -0.887. The largest absolute Gasteiger partial charge is 0.465 e. The molecule has 1 unspecified atom stereocenters. The topological polar surface area (TPSA) is 87.2 Å². The molecule has 4 heterocycles. The van der Waals surface area contributed by atoms with Gasteiger partial charge in [-0.1, -0.05) is 54.6 Å². The van der Waals surface area contributed by atoms with E-state index in [1.54, 1.807) is 21.6 Å². The molecule has 6 rings (SSSR count). The monoisotopic (exact) mass is 532 g/mol.